The fourth-order valence-corrected chi connectivity index (χ4v) is 6.53. The number of amides is 2. The van der Waals surface area contributed by atoms with Crippen LogP contribution in [0.1, 0.15) is 55.4 Å². The minimum absolute atomic E-state index is 0.226. The second kappa shape index (κ2) is 5.56. The summed E-state index contributed by atoms with van der Waals surface area (Å²) in [6, 6.07) is 1.86. The van der Waals surface area contributed by atoms with Gasteiger partial charge in [0.05, 0.1) is 0 Å². The minimum Gasteiger partial charge on any atom is -0.305 e. The van der Waals surface area contributed by atoms with E-state index < -0.39 is 15.9 Å². The van der Waals surface area contributed by atoms with E-state index in [-0.39, 0.29) is 5.54 Å². The third-order valence-corrected chi connectivity index (χ3v) is 7.46. The van der Waals surface area contributed by atoms with Gasteiger partial charge in [-0.25, -0.2) is 13.7 Å². The maximum atomic E-state index is 12.7. The summed E-state index contributed by atoms with van der Waals surface area (Å²) in [5, 5.41) is 3.00. The average molecular weight is 347 g/mol. The number of benzene rings is 1. The molecule has 1 aromatic carbocycles. The van der Waals surface area contributed by atoms with Gasteiger partial charge >= 0.3 is 6.03 Å². The lowest BCUT2D eigenvalue weighted by molar-refractivity contribution is 0.260. The Labute approximate surface area is 143 Å². The zero-order valence-corrected chi connectivity index (χ0v) is 15.2. The summed E-state index contributed by atoms with van der Waals surface area (Å²) in [6.45, 7) is 3.98. The standard InChI is InChI=1S/C18H25N3O2S/c1-18(2)9-10-24(23,21-18)20-17(22)19-16-14-7-3-5-12(14)11-13-6-4-8-15(13)16/h11H,3-10H2,1-2H3,(H2,19,20,21,22,23). The molecule has 0 aromatic heterocycles. The Hall–Kier alpha value is -1.40. The minimum atomic E-state index is -2.65. The summed E-state index contributed by atoms with van der Waals surface area (Å²) >= 11 is 0. The van der Waals surface area contributed by atoms with Crippen LogP contribution in [0.4, 0.5) is 10.5 Å². The molecule has 1 atom stereocenters. The molecule has 1 aliphatic heterocycles. The maximum Gasteiger partial charge on any atom is 0.354 e. The molecule has 0 bridgehead atoms. The summed E-state index contributed by atoms with van der Waals surface area (Å²) in [5.41, 5.74) is 6.02. The van der Waals surface area contributed by atoms with E-state index in [2.05, 4.69) is 20.5 Å². The van der Waals surface area contributed by atoms with Gasteiger partial charge in [-0.3, -0.25) is 0 Å². The molecule has 1 heterocycles. The van der Waals surface area contributed by atoms with Crippen molar-refractivity contribution in [2.24, 2.45) is 4.36 Å². The molecule has 1 aromatic rings. The van der Waals surface area contributed by atoms with Crippen molar-refractivity contribution in [1.82, 2.24) is 4.72 Å². The van der Waals surface area contributed by atoms with Gasteiger partial charge < -0.3 is 5.32 Å². The number of nitrogens with zero attached hydrogens (tertiary/aromatic N) is 1. The number of fused-ring (bicyclic) bond motifs is 2. The van der Waals surface area contributed by atoms with Crippen LogP contribution in [0.3, 0.4) is 0 Å². The van der Waals surface area contributed by atoms with Gasteiger partial charge in [-0.2, -0.15) is 0 Å². The summed E-state index contributed by atoms with van der Waals surface area (Å²) in [5.74, 6) is 0.429. The van der Waals surface area contributed by atoms with Crippen LogP contribution in [0, 0.1) is 0 Å². The van der Waals surface area contributed by atoms with Gasteiger partial charge in [-0.1, -0.05) is 6.07 Å². The highest BCUT2D eigenvalue weighted by atomic mass is 32.2. The van der Waals surface area contributed by atoms with E-state index >= 15 is 0 Å². The number of urea groups is 1. The zero-order valence-electron chi connectivity index (χ0n) is 14.4. The van der Waals surface area contributed by atoms with Crippen LogP contribution >= 0.6 is 0 Å². The SMILES string of the molecule is CC1(C)CCS(=O)(=NC(=O)Nc2c3c(cc4c2CCC4)CCC3)N1. The van der Waals surface area contributed by atoms with E-state index in [0.717, 1.165) is 50.6 Å². The molecule has 1 saturated heterocycles. The first kappa shape index (κ1) is 16.1. The van der Waals surface area contributed by atoms with Gasteiger partial charge in [0.1, 0.15) is 9.92 Å². The molecule has 2 aliphatic carbocycles. The second-order valence-electron chi connectivity index (χ2n) is 7.84. The summed E-state index contributed by atoms with van der Waals surface area (Å²) in [6.07, 6.45) is 7.26. The number of hydrogen-bond acceptors (Lipinski definition) is 2. The van der Waals surface area contributed by atoms with Gasteiger partial charge in [0.15, 0.2) is 0 Å². The fourth-order valence-electron chi connectivity index (χ4n) is 4.23. The van der Waals surface area contributed by atoms with Crippen LogP contribution in [-0.2, 0) is 35.6 Å². The van der Waals surface area contributed by atoms with Crippen molar-refractivity contribution in [3.8, 4) is 0 Å². The van der Waals surface area contributed by atoms with Crippen LogP contribution in [0.15, 0.2) is 10.4 Å². The van der Waals surface area contributed by atoms with Crippen molar-refractivity contribution in [3.05, 3.63) is 28.3 Å². The predicted octanol–water partition coefficient (Wildman–Crippen LogP) is 3.35. The van der Waals surface area contributed by atoms with Gasteiger partial charge in [0.2, 0.25) is 0 Å². The molecule has 1 fully saturated rings. The first-order chi connectivity index (χ1) is 11.4. The lowest BCUT2D eigenvalue weighted by atomic mass is 9.99. The number of nitrogens with one attached hydrogen (secondary N) is 2. The molecule has 130 valence electrons. The Bertz CT molecular complexity index is 803. The molecule has 4 rings (SSSR count). The molecule has 0 radical (unpaired) electrons. The monoisotopic (exact) mass is 347 g/mol. The van der Waals surface area contributed by atoms with E-state index in [9.17, 15) is 9.00 Å². The molecule has 2 N–H and O–H groups in total. The highest BCUT2D eigenvalue weighted by Gasteiger charge is 2.33. The van der Waals surface area contributed by atoms with E-state index in [4.69, 9.17) is 0 Å². The largest absolute Gasteiger partial charge is 0.354 e. The molecule has 6 heteroatoms. The quantitative estimate of drug-likeness (QED) is 0.818. The Kier molecular flexibility index (Phi) is 3.73. The van der Waals surface area contributed by atoms with Crippen molar-refractivity contribution in [2.45, 2.75) is 64.3 Å². The number of carbonyl (C=O) groups is 1. The van der Waals surface area contributed by atoms with Crippen molar-refractivity contribution in [3.63, 3.8) is 0 Å². The highest BCUT2D eigenvalue weighted by Crippen LogP contribution is 2.38. The molecule has 0 spiro atoms. The second-order valence-corrected chi connectivity index (χ2v) is 9.91. The first-order valence-corrected chi connectivity index (χ1v) is 10.5. The number of aryl methyl sites for hydroxylation is 2. The Morgan fingerprint density at radius 3 is 2.33 bits per heavy atom. The van der Waals surface area contributed by atoms with Gasteiger partial charge in [-0.05, 0) is 81.0 Å². The van der Waals surface area contributed by atoms with E-state index in [1.165, 1.54) is 22.3 Å². The third kappa shape index (κ3) is 2.86. The molecule has 2 amide bonds. The zero-order chi connectivity index (χ0) is 16.9. The van der Waals surface area contributed by atoms with Crippen molar-refractivity contribution >= 4 is 21.6 Å². The summed E-state index contributed by atoms with van der Waals surface area (Å²) in [4.78, 5) is 12.5. The third-order valence-electron chi connectivity index (χ3n) is 5.37. The molecular weight excluding hydrogens is 322 g/mol. The Morgan fingerprint density at radius 2 is 1.79 bits per heavy atom. The number of rotatable bonds is 1. The van der Waals surface area contributed by atoms with Crippen LogP contribution in [0.25, 0.3) is 0 Å². The molecular formula is C18H25N3O2S. The van der Waals surface area contributed by atoms with Gasteiger partial charge in [0, 0.05) is 17.0 Å². The van der Waals surface area contributed by atoms with Crippen molar-refractivity contribution in [2.75, 3.05) is 11.1 Å². The molecule has 5 nitrogen and oxygen atoms in total. The maximum absolute atomic E-state index is 12.7. The first-order valence-electron chi connectivity index (χ1n) is 8.86. The Morgan fingerprint density at radius 1 is 1.17 bits per heavy atom. The predicted molar refractivity (Wildman–Crippen MR) is 96.8 cm³/mol. The smallest absolute Gasteiger partial charge is 0.305 e. The number of carbonyl (C=O) groups excluding carboxylic acids is 1. The lowest BCUT2D eigenvalue weighted by Gasteiger charge is -2.16. The average Bonchev–Trinajstić information content (AvgIpc) is 3.17. The van der Waals surface area contributed by atoms with Gasteiger partial charge in [0.25, 0.3) is 0 Å². The van der Waals surface area contributed by atoms with E-state index in [1.54, 1.807) is 0 Å². The molecule has 0 saturated carbocycles. The molecule has 24 heavy (non-hydrogen) atoms. The summed E-state index contributed by atoms with van der Waals surface area (Å²) < 4.78 is 19.8. The van der Waals surface area contributed by atoms with Crippen LogP contribution in [0.5, 0.6) is 0 Å². The fraction of sp³-hybridized carbons (Fsp3) is 0.611. The molecule has 1 unspecified atom stereocenters. The summed E-state index contributed by atoms with van der Waals surface area (Å²) in [7, 11) is -2.65. The number of anilines is 1. The highest BCUT2D eigenvalue weighted by molar-refractivity contribution is 7.92. The normalized spacial score (nSPS) is 26.9. The molecule has 3 aliphatic rings. The van der Waals surface area contributed by atoms with E-state index in [1.807, 2.05) is 13.8 Å². The van der Waals surface area contributed by atoms with Crippen molar-refractivity contribution < 1.29 is 9.00 Å². The number of hydrogen-bond donors (Lipinski definition) is 2. The van der Waals surface area contributed by atoms with Crippen molar-refractivity contribution in [1.29, 1.82) is 0 Å². The Balaban J connectivity index is 1.65. The van der Waals surface area contributed by atoms with E-state index in [0.29, 0.717) is 5.75 Å². The van der Waals surface area contributed by atoms with Gasteiger partial charge in [-0.15, -0.1) is 4.36 Å². The van der Waals surface area contributed by atoms with Crippen LogP contribution in [0.2, 0.25) is 0 Å². The van der Waals surface area contributed by atoms with Crippen LogP contribution in [-0.4, -0.2) is 21.5 Å². The lowest BCUT2D eigenvalue weighted by Crippen LogP contribution is -2.35. The topological polar surface area (TPSA) is 70.6 Å². The van der Waals surface area contributed by atoms with Crippen LogP contribution < -0.4 is 10.0 Å².